The molecule has 0 saturated heterocycles. The summed E-state index contributed by atoms with van der Waals surface area (Å²) in [6, 6.07) is 0. The minimum atomic E-state index is -0.185. The van der Waals surface area contributed by atoms with Gasteiger partial charge in [0.25, 0.3) is 0 Å². The molecule has 1 atom stereocenters. The first kappa shape index (κ1) is 7.92. The van der Waals surface area contributed by atoms with Crippen molar-refractivity contribution in [2.45, 2.75) is 13.0 Å². The molecule has 0 amide bonds. The predicted octanol–water partition coefficient (Wildman–Crippen LogP) is 0.0734. The van der Waals surface area contributed by atoms with Gasteiger partial charge in [-0.15, -0.1) is 0 Å². The normalized spacial score (nSPS) is 16.1. The fraction of sp³-hybridized carbons (Fsp3) is 1.00. The molecule has 0 aromatic rings. The molecule has 0 fully saturated rings. The van der Waals surface area contributed by atoms with E-state index in [9.17, 15) is 0 Å². The molecule has 0 spiro atoms. The van der Waals surface area contributed by atoms with E-state index < -0.39 is 0 Å². The number of likely N-dealkylation sites (N-methyl/N-ethyl adjacent to an activating group) is 1. The molecule has 0 aromatic heterocycles. The maximum absolute atomic E-state index is 8.87. The van der Waals surface area contributed by atoms with Gasteiger partial charge in [-0.05, 0) is 6.92 Å². The molecular weight excluding hydrogens is 102 g/mol. The van der Waals surface area contributed by atoms with Crippen molar-refractivity contribution in [1.29, 1.82) is 0 Å². The summed E-state index contributed by atoms with van der Waals surface area (Å²) in [5.41, 5.74) is 0. The number of rotatable bonds is 2. The van der Waals surface area contributed by atoms with Crippen LogP contribution in [0.15, 0.2) is 0 Å². The molecule has 0 aliphatic rings. The highest BCUT2D eigenvalue weighted by Crippen LogP contribution is 1.92. The lowest BCUT2D eigenvalue weighted by atomic mass is 10.3. The fourth-order valence-corrected chi connectivity index (χ4v) is 0.793. The van der Waals surface area contributed by atoms with Gasteiger partial charge in [-0.2, -0.15) is 0 Å². The van der Waals surface area contributed by atoms with Crippen LogP contribution in [0.1, 0.15) is 6.92 Å². The molecule has 2 nitrogen and oxygen atoms in total. The first-order valence-electron chi connectivity index (χ1n) is 2.90. The zero-order chi connectivity index (χ0) is 6.78. The molecule has 2 heteroatoms. The monoisotopic (exact) mass is 118 g/mol. The second-order valence-corrected chi connectivity index (χ2v) is 3.32. The Hall–Kier alpha value is -0.0800. The van der Waals surface area contributed by atoms with Gasteiger partial charge in [-0.3, -0.25) is 0 Å². The molecule has 0 aromatic carbocycles. The van der Waals surface area contributed by atoms with Crippen molar-refractivity contribution in [3.63, 3.8) is 0 Å². The lowest BCUT2D eigenvalue weighted by Gasteiger charge is -2.24. The molecule has 0 unspecified atom stereocenters. The lowest BCUT2D eigenvalue weighted by Crippen LogP contribution is -2.40. The van der Waals surface area contributed by atoms with Gasteiger partial charge in [0.2, 0.25) is 0 Å². The highest BCUT2D eigenvalue weighted by atomic mass is 16.3. The zero-order valence-corrected chi connectivity index (χ0v) is 6.18. The van der Waals surface area contributed by atoms with E-state index in [0.717, 1.165) is 11.0 Å². The largest absolute Gasteiger partial charge is 0.388 e. The third-order valence-corrected chi connectivity index (χ3v) is 0.812. The second-order valence-electron chi connectivity index (χ2n) is 3.32. The Morgan fingerprint density at radius 1 is 1.38 bits per heavy atom. The maximum atomic E-state index is 8.87. The zero-order valence-electron chi connectivity index (χ0n) is 6.18. The number of quaternary nitrogens is 1. The molecule has 0 aliphatic heterocycles. The highest BCUT2D eigenvalue weighted by molar-refractivity contribution is 4.39. The van der Waals surface area contributed by atoms with Crippen molar-refractivity contribution in [2.24, 2.45) is 0 Å². The van der Waals surface area contributed by atoms with Crippen molar-refractivity contribution in [1.82, 2.24) is 0 Å². The number of hydrogen-bond donors (Lipinski definition) is 1. The first-order valence-corrected chi connectivity index (χ1v) is 2.90. The molecule has 0 radical (unpaired) electrons. The minimum Gasteiger partial charge on any atom is -0.388 e. The van der Waals surface area contributed by atoms with Gasteiger partial charge in [-0.25, -0.2) is 0 Å². The van der Waals surface area contributed by atoms with Crippen LogP contribution < -0.4 is 0 Å². The van der Waals surface area contributed by atoms with E-state index in [-0.39, 0.29) is 6.10 Å². The van der Waals surface area contributed by atoms with Crippen LogP contribution >= 0.6 is 0 Å². The van der Waals surface area contributed by atoms with Gasteiger partial charge in [0.1, 0.15) is 12.6 Å². The van der Waals surface area contributed by atoms with E-state index >= 15 is 0 Å². The molecule has 0 rings (SSSR count). The Bertz CT molecular complexity index is 63.4. The molecule has 50 valence electrons. The molecule has 8 heavy (non-hydrogen) atoms. The molecular formula is C6H16NO+. The number of aliphatic hydroxyl groups excluding tert-OH is 1. The predicted molar refractivity (Wildman–Crippen MR) is 34.6 cm³/mol. The van der Waals surface area contributed by atoms with Crippen LogP contribution in [-0.2, 0) is 0 Å². The average Bonchev–Trinajstić information content (AvgIpc) is 1.21. The number of nitrogens with zero attached hydrogens (tertiary/aromatic N) is 1. The Morgan fingerprint density at radius 3 is 1.75 bits per heavy atom. The van der Waals surface area contributed by atoms with Crippen molar-refractivity contribution >= 4 is 0 Å². The fourth-order valence-electron chi connectivity index (χ4n) is 0.793. The van der Waals surface area contributed by atoms with Crippen LogP contribution in [0.2, 0.25) is 0 Å². The van der Waals surface area contributed by atoms with E-state index in [1.807, 2.05) is 6.92 Å². The summed E-state index contributed by atoms with van der Waals surface area (Å²) >= 11 is 0. The van der Waals surface area contributed by atoms with E-state index in [2.05, 4.69) is 21.1 Å². The quantitative estimate of drug-likeness (QED) is 0.509. The van der Waals surface area contributed by atoms with Crippen LogP contribution in [0.4, 0.5) is 0 Å². The number of hydrogen-bond acceptors (Lipinski definition) is 1. The van der Waals surface area contributed by atoms with E-state index in [0.29, 0.717) is 0 Å². The Kier molecular flexibility index (Phi) is 2.44. The summed E-state index contributed by atoms with van der Waals surface area (Å²) in [5.74, 6) is 0. The topological polar surface area (TPSA) is 20.2 Å². The van der Waals surface area contributed by atoms with Gasteiger partial charge in [0.05, 0.1) is 21.1 Å². The molecule has 0 aliphatic carbocycles. The Balaban J connectivity index is 3.39. The Morgan fingerprint density at radius 2 is 1.75 bits per heavy atom. The molecule has 0 heterocycles. The molecule has 0 saturated carbocycles. The van der Waals surface area contributed by atoms with Crippen LogP contribution in [-0.4, -0.2) is 43.4 Å². The first-order chi connectivity index (χ1) is 3.42. The van der Waals surface area contributed by atoms with Crippen LogP contribution in [0.25, 0.3) is 0 Å². The van der Waals surface area contributed by atoms with Gasteiger partial charge in [-0.1, -0.05) is 0 Å². The summed E-state index contributed by atoms with van der Waals surface area (Å²) in [5, 5.41) is 8.87. The average molecular weight is 118 g/mol. The van der Waals surface area contributed by atoms with Crippen molar-refractivity contribution in [3.05, 3.63) is 0 Å². The lowest BCUT2D eigenvalue weighted by molar-refractivity contribution is -0.873. The second kappa shape index (κ2) is 2.46. The number of aliphatic hydroxyl groups is 1. The minimum absolute atomic E-state index is 0.185. The standard InChI is InChI=1S/C6H16NO/c1-6(8)5-7(2,3)4/h6,8H,5H2,1-4H3/q+1/t6-/m0/s1. The van der Waals surface area contributed by atoms with Gasteiger partial charge < -0.3 is 9.59 Å². The van der Waals surface area contributed by atoms with Crippen LogP contribution in [0.3, 0.4) is 0 Å². The van der Waals surface area contributed by atoms with Crippen LogP contribution in [0.5, 0.6) is 0 Å². The summed E-state index contributed by atoms with van der Waals surface area (Å²) in [6.07, 6.45) is -0.185. The highest BCUT2D eigenvalue weighted by Gasteiger charge is 2.09. The van der Waals surface area contributed by atoms with Crippen molar-refractivity contribution in [3.8, 4) is 0 Å². The molecule has 1 N–H and O–H groups in total. The van der Waals surface area contributed by atoms with Gasteiger partial charge in [0.15, 0.2) is 0 Å². The smallest absolute Gasteiger partial charge is 0.104 e. The Labute approximate surface area is 51.3 Å². The summed E-state index contributed by atoms with van der Waals surface area (Å²) in [4.78, 5) is 0. The third-order valence-electron chi connectivity index (χ3n) is 0.812. The van der Waals surface area contributed by atoms with E-state index in [1.165, 1.54) is 0 Å². The van der Waals surface area contributed by atoms with Crippen molar-refractivity contribution in [2.75, 3.05) is 27.7 Å². The summed E-state index contributed by atoms with van der Waals surface area (Å²) in [7, 11) is 6.19. The van der Waals surface area contributed by atoms with Gasteiger partial charge in [0, 0.05) is 0 Å². The van der Waals surface area contributed by atoms with Crippen LogP contribution in [0, 0.1) is 0 Å². The molecule has 0 bridgehead atoms. The van der Waals surface area contributed by atoms with E-state index in [4.69, 9.17) is 5.11 Å². The van der Waals surface area contributed by atoms with Crippen molar-refractivity contribution < 1.29 is 9.59 Å². The summed E-state index contributed by atoms with van der Waals surface area (Å²) < 4.78 is 0.831. The third kappa shape index (κ3) is 5.92. The van der Waals surface area contributed by atoms with E-state index in [1.54, 1.807) is 0 Å². The maximum Gasteiger partial charge on any atom is 0.104 e. The summed E-state index contributed by atoms with van der Waals surface area (Å²) in [6.45, 7) is 2.63. The SMILES string of the molecule is C[C@H](O)C[N+](C)(C)C. The van der Waals surface area contributed by atoms with Gasteiger partial charge >= 0.3 is 0 Å².